The Hall–Kier alpha value is -4.01. The number of carbonyl (C=O) groups is 3. The van der Waals surface area contributed by atoms with Crippen molar-refractivity contribution in [2.45, 2.75) is 56.7 Å². The normalized spacial score (nSPS) is 24.1. The van der Waals surface area contributed by atoms with E-state index >= 15 is 0 Å². The number of aromatic nitrogens is 2. The summed E-state index contributed by atoms with van der Waals surface area (Å²) in [6, 6.07) is 10.5. The molecular weight excluding hydrogens is 499 g/mol. The molecule has 0 radical (unpaired) electrons. The molecule has 3 aromatic rings. The molecule has 2 aromatic carbocycles. The first kappa shape index (κ1) is 24.1. The molecular formula is C30H29FN4O4. The molecule has 200 valence electrons. The molecule has 1 unspecified atom stereocenters. The summed E-state index contributed by atoms with van der Waals surface area (Å²) < 4.78 is 21.4. The molecule has 0 N–H and O–H groups in total. The van der Waals surface area contributed by atoms with Gasteiger partial charge < -0.3 is 9.64 Å². The molecule has 1 spiro atoms. The van der Waals surface area contributed by atoms with Gasteiger partial charge in [-0.2, -0.15) is 5.10 Å². The molecule has 1 saturated carbocycles. The second-order valence-electron chi connectivity index (χ2n) is 11.2. The van der Waals surface area contributed by atoms with Crippen molar-refractivity contribution < 1.29 is 23.5 Å². The highest BCUT2D eigenvalue weighted by Crippen LogP contribution is 2.46. The van der Waals surface area contributed by atoms with Gasteiger partial charge in [0.05, 0.1) is 6.20 Å². The van der Waals surface area contributed by atoms with Gasteiger partial charge in [0, 0.05) is 43.4 Å². The highest BCUT2D eigenvalue weighted by molar-refractivity contribution is 6.06. The Labute approximate surface area is 225 Å². The van der Waals surface area contributed by atoms with Crippen molar-refractivity contribution in [1.82, 2.24) is 19.6 Å². The first-order chi connectivity index (χ1) is 18.8. The highest BCUT2D eigenvalue weighted by Gasteiger charge is 2.58. The van der Waals surface area contributed by atoms with Crippen LogP contribution in [0.3, 0.4) is 0 Å². The van der Waals surface area contributed by atoms with E-state index in [1.54, 1.807) is 27.9 Å². The predicted octanol–water partition coefficient (Wildman–Crippen LogP) is 4.10. The van der Waals surface area contributed by atoms with Gasteiger partial charge >= 0.3 is 6.09 Å². The van der Waals surface area contributed by atoms with E-state index in [0.717, 1.165) is 52.0 Å². The molecule has 4 aliphatic rings. The molecule has 1 saturated heterocycles. The minimum absolute atomic E-state index is 0.00810. The maximum absolute atomic E-state index is 13.9. The SMILES string of the molecule is Cn1cc(-c2ccc3c(c2)CC[C@@]32OC(=O)N(CC(=O)N3Cc4ccc(F)cc4CCC3C3CC3)C2=O)cn1. The van der Waals surface area contributed by atoms with E-state index in [1.165, 1.54) is 6.07 Å². The first-order valence-corrected chi connectivity index (χ1v) is 13.6. The standard InChI is InChI=1S/C30H29FN4O4/c1-33-15-23(14-32-33)19-5-8-25-21(12-19)10-11-30(25)28(37)35(29(38)39-30)17-27(36)34-16-22-4-7-24(31)13-20(22)6-9-26(34)18-2-3-18/h4-5,7-8,12-15,18,26H,2-3,6,9-11,16-17H2,1H3/t26?,30-/m1/s1. The van der Waals surface area contributed by atoms with E-state index in [1.807, 2.05) is 31.4 Å². The number of hydrogen-bond donors (Lipinski definition) is 0. The van der Waals surface area contributed by atoms with Crippen LogP contribution in [0.1, 0.15) is 47.9 Å². The van der Waals surface area contributed by atoms with E-state index in [-0.39, 0.29) is 24.3 Å². The van der Waals surface area contributed by atoms with Gasteiger partial charge in [0.1, 0.15) is 12.4 Å². The average molecular weight is 529 g/mol. The van der Waals surface area contributed by atoms with Crippen LogP contribution in [0.5, 0.6) is 0 Å². The summed E-state index contributed by atoms with van der Waals surface area (Å²) in [5.41, 5.74) is 4.03. The van der Waals surface area contributed by atoms with Crippen molar-refractivity contribution in [2.24, 2.45) is 13.0 Å². The fourth-order valence-electron chi connectivity index (χ4n) is 6.61. The summed E-state index contributed by atoms with van der Waals surface area (Å²) in [4.78, 5) is 43.3. The monoisotopic (exact) mass is 528 g/mol. The minimum atomic E-state index is -1.39. The number of ether oxygens (including phenoxy) is 1. The smallest absolute Gasteiger partial charge is 0.418 e. The van der Waals surface area contributed by atoms with Crippen molar-refractivity contribution in [1.29, 1.82) is 0 Å². The lowest BCUT2D eigenvalue weighted by molar-refractivity contribution is -0.143. The molecule has 3 amide bonds. The summed E-state index contributed by atoms with van der Waals surface area (Å²) in [5.74, 6) is -0.640. The Bertz CT molecular complexity index is 1530. The Morgan fingerprint density at radius 2 is 1.90 bits per heavy atom. The van der Waals surface area contributed by atoms with Gasteiger partial charge in [0.15, 0.2) is 0 Å². The van der Waals surface area contributed by atoms with E-state index in [2.05, 4.69) is 5.10 Å². The first-order valence-electron chi connectivity index (χ1n) is 13.6. The van der Waals surface area contributed by atoms with E-state index in [0.29, 0.717) is 37.3 Å². The number of hydrogen-bond acceptors (Lipinski definition) is 5. The summed E-state index contributed by atoms with van der Waals surface area (Å²) >= 11 is 0. The van der Waals surface area contributed by atoms with Gasteiger partial charge in [-0.3, -0.25) is 14.3 Å². The van der Waals surface area contributed by atoms with Crippen LogP contribution in [0, 0.1) is 11.7 Å². The van der Waals surface area contributed by atoms with Gasteiger partial charge in [0.2, 0.25) is 11.5 Å². The molecule has 9 heteroatoms. The Kier molecular flexibility index (Phi) is 5.40. The Balaban J connectivity index is 1.14. The summed E-state index contributed by atoms with van der Waals surface area (Å²) in [6.07, 6.45) is 7.40. The third-order valence-electron chi connectivity index (χ3n) is 8.80. The molecule has 3 heterocycles. The molecule has 39 heavy (non-hydrogen) atoms. The van der Waals surface area contributed by atoms with E-state index in [9.17, 15) is 18.8 Å². The Morgan fingerprint density at radius 3 is 2.67 bits per heavy atom. The number of carbonyl (C=O) groups excluding carboxylic acids is 3. The topological polar surface area (TPSA) is 84.7 Å². The highest BCUT2D eigenvalue weighted by atomic mass is 19.1. The minimum Gasteiger partial charge on any atom is -0.427 e. The summed E-state index contributed by atoms with van der Waals surface area (Å²) in [7, 11) is 1.86. The molecule has 2 aliphatic carbocycles. The zero-order valence-corrected chi connectivity index (χ0v) is 21.7. The number of rotatable bonds is 4. The fraction of sp³-hybridized carbons (Fsp3) is 0.400. The Morgan fingerprint density at radius 1 is 1.05 bits per heavy atom. The zero-order valence-electron chi connectivity index (χ0n) is 21.7. The molecule has 2 aliphatic heterocycles. The third kappa shape index (κ3) is 3.94. The van der Waals surface area contributed by atoms with Crippen LogP contribution in [-0.2, 0) is 46.4 Å². The number of halogens is 1. The second kappa shape index (κ2) is 8.76. The molecule has 1 aromatic heterocycles. The van der Waals surface area contributed by atoms with Gasteiger partial charge in [-0.1, -0.05) is 24.3 Å². The van der Waals surface area contributed by atoms with Gasteiger partial charge in [0.25, 0.3) is 5.91 Å². The molecule has 8 nitrogen and oxygen atoms in total. The maximum Gasteiger partial charge on any atom is 0.418 e. The van der Waals surface area contributed by atoms with Gasteiger partial charge in [-0.15, -0.1) is 0 Å². The van der Waals surface area contributed by atoms with Crippen LogP contribution >= 0.6 is 0 Å². The number of imide groups is 1. The van der Waals surface area contributed by atoms with Crippen molar-refractivity contribution in [3.8, 4) is 11.1 Å². The number of nitrogens with zero attached hydrogens (tertiary/aromatic N) is 4. The number of fused-ring (bicyclic) bond motifs is 3. The average Bonchev–Trinajstić information content (AvgIpc) is 3.55. The number of aryl methyl sites for hydroxylation is 3. The zero-order chi connectivity index (χ0) is 26.9. The summed E-state index contributed by atoms with van der Waals surface area (Å²) in [5, 5.41) is 4.23. The van der Waals surface area contributed by atoms with Crippen LogP contribution in [0.25, 0.3) is 11.1 Å². The van der Waals surface area contributed by atoms with Crippen molar-refractivity contribution in [3.63, 3.8) is 0 Å². The molecule has 2 atom stereocenters. The lowest BCUT2D eigenvalue weighted by Crippen LogP contribution is -2.48. The lowest BCUT2D eigenvalue weighted by atomic mass is 9.93. The molecule has 7 rings (SSSR count). The van der Waals surface area contributed by atoms with Crippen LogP contribution in [0.2, 0.25) is 0 Å². The largest absolute Gasteiger partial charge is 0.427 e. The molecule has 0 bridgehead atoms. The molecule has 2 fully saturated rings. The fourth-order valence-corrected chi connectivity index (χ4v) is 6.61. The van der Waals surface area contributed by atoms with Gasteiger partial charge in [-0.25, -0.2) is 14.1 Å². The quantitative estimate of drug-likeness (QED) is 0.509. The third-order valence-corrected chi connectivity index (χ3v) is 8.80. The predicted molar refractivity (Wildman–Crippen MR) is 139 cm³/mol. The summed E-state index contributed by atoms with van der Waals surface area (Å²) in [6.45, 7) is -0.0138. The van der Waals surface area contributed by atoms with Crippen molar-refractivity contribution >= 4 is 17.9 Å². The maximum atomic E-state index is 13.9. The second-order valence-corrected chi connectivity index (χ2v) is 11.2. The van der Waals surface area contributed by atoms with E-state index in [4.69, 9.17) is 4.74 Å². The van der Waals surface area contributed by atoms with E-state index < -0.39 is 17.6 Å². The lowest BCUT2D eigenvalue weighted by Gasteiger charge is -2.31. The van der Waals surface area contributed by atoms with Gasteiger partial charge in [-0.05, 0) is 72.4 Å². The van der Waals surface area contributed by atoms with Crippen molar-refractivity contribution in [3.05, 3.63) is 76.9 Å². The number of amides is 3. The van der Waals surface area contributed by atoms with Crippen LogP contribution < -0.4 is 0 Å². The van der Waals surface area contributed by atoms with Crippen LogP contribution in [-0.4, -0.2) is 50.1 Å². The van der Waals surface area contributed by atoms with Crippen LogP contribution in [0.15, 0.2) is 48.8 Å². The van der Waals surface area contributed by atoms with Crippen molar-refractivity contribution in [2.75, 3.05) is 6.54 Å². The number of benzene rings is 2. The van der Waals surface area contributed by atoms with Crippen LogP contribution in [0.4, 0.5) is 9.18 Å².